The molecule has 2 N–H and O–H groups in total. The standard InChI is InChI=1S/C18H26N2O2/c21-18(20-13-14-5-4-10-19-12-14)15-6-3-9-17(11-15)22-16-7-1-2-8-16/h3,6,9,11,14,16,19H,1-2,4-5,7-8,10,12-13H2,(H,20,21). The summed E-state index contributed by atoms with van der Waals surface area (Å²) in [6.45, 7) is 2.86. The largest absolute Gasteiger partial charge is 0.490 e. The molecule has 1 aliphatic carbocycles. The van der Waals surface area contributed by atoms with Crippen LogP contribution in [0.3, 0.4) is 0 Å². The Morgan fingerprint density at radius 3 is 2.86 bits per heavy atom. The van der Waals surface area contributed by atoms with Crippen LogP contribution >= 0.6 is 0 Å². The molecule has 4 heteroatoms. The van der Waals surface area contributed by atoms with Crippen LogP contribution in [0.1, 0.15) is 48.9 Å². The van der Waals surface area contributed by atoms with E-state index in [9.17, 15) is 4.79 Å². The van der Waals surface area contributed by atoms with Gasteiger partial charge in [-0.2, -0.15) is 0 Å². The van der Waals surface area contributed by atoms with Crippen molar-refractivity contribution in [1.29, 1.82) is 0 Å². The highest BCUT2D eigenvalue weighted by atomic mass is 16.5. The van der Waals surface area contributed by atoms with E-state index >= 15 is 0 Å². The quantitative estimate of drug-likeness (QED) is 0.879. The van der Waals surface area contributed by atoms with Crippen molar-refractivity contribution < 1.29 is 9.53 Å². The Bertz CT molecular complexity index is 492. The Hall–Kier alpha value is -1.55. The maximum atomic E-state index is 12.3. The van der Waals surface area contributed by atoms with Crippen molar-refractivity contribution in [2.45, 2.75) is 44.6 Å². The lowest BCUT2D eigenvalue weighted by Gasteiger charge is -2.22. The molecule has 1 aromatic carbocycles. The van der Waals surface area contributed by atoms with E-state index in [2.05, 4.69) is 10.6 Å². The van der Waals surface area contributed by atoms with E-state index in [4.69, 9.17) is 4.74 Å². The minimum atomic E-state index is 0.00226. The van der Waals surface area contributed by atoms with Crippen LogP contribution in [0.5, 0.6) is 5.75 Å². The van der Waals surface area contributed by atoms with Crippen LogP contribution in [-0.2, 0) is 0 Å². The van der Waals surface area contributed by atoms with Crippen molar-refractivity contribution in [3.05, 3.63) is 29.8 Å². The average Bonchev–Trinajstić information content (AvgIpc) is 3.07. The Labute approximate surface area is 132 Å². The van der Waals surface area contributed by atoms with E-state index in [-0.39, 0.29) is 5.91 Å². The van der Waals surface area contributed by atoms with Gasteiger partial charge in [0.2, 0.25) is 0 Å². The lowest BCUT2D eigenvalue weighted by atomic mass is 9.99. The first-order valence-corrected chi connectivity index (χ1v) is 8.57. The molecule has 1 saturated heterocycles. The topological polar surface area (TPSA) is 50.4 Å². The predicted octanol–water partition coefficient (Wildman–Crippen LogP) is 2.74. The highest BCUT2D eigenvalue weighted by molar-refractivity contribution is 5.94. The van der Waals surface area contributed by atoms with Crippen molar-refractivity contribution in [3.8, 4) is 5.75 Å². The van der Waals surface area contributed by atoms with E-state index in [1.165, 1.54) is 25.7 Å². The number of rotatable bonds is 5. The van der Waals surface area contributed by atoms with E-state index in [0.29, 0.717) is 17.6 Å². The van der Waals surface area contributed by atoms with E-state index in [1.807, 2.05) is 24.3 Å². The molecule has 4 nitrogen and oxygen atoms in total. The number of hydrogen-bond donors (Lipinski definition) is 2. The van der Waals surface area contributed by atoms with Crippen LogP contribution in [0, 0.1) is 5.92 Å². The van der Waals surface area contributed by atoms with Gasteiger partial charge in [0.1, 0.15) is 5.75 Å². The molecule has 1 heterocycles. The van der Waals surface area contributed by atoms with Crippen molar-refractivity contribution in [1.82, 2.24) is 10.6 Å². The Kier molecular flexibility index (Phi) is 5.33. The van der Waals surface area contributed by atoms with Crippen LogP contribution in [0.15, 0.2) is 24.3 Å². The van der Waals surface area contributed by atoms with Gasteiger partial charge in [-0.05, 0) is 75.7 Å². The third-order valence-corrected chi connectivity index (χ3v) is 4.65. The highest BCUT2D eigenvalue weighted by Crippen LogP contribution is 2.24. The summed E-state index contributed by atoms with van der Waals surface area (Å²) in [6.07, 6.45) is 7.48. The molecule has 120 valence electrons. The summed E-state index contributed by atoms with van der Waals surface area (Å²) in [5.41, 5.74) is 0.694. The average molecular weight is 302 g/mol. The smallest absolute Gasteiger partial charge is 0.251 e. The summed E-state index contributed by atoms with van der Waals surface area (Å²) in [4.78, 5) is 12.3. The van der Waals surface area contributed by atoms with Gasteiger partial charge in [-0.25, -0.2) is 0 Å². The second-order valence-electron chi connectivity index (χ2n) is 6.47. The number of benzene rings is 1. The Morgan fingerprint density at radius 1 is 1.23 bits per heavy atom. The number of nitrogens with one attached hydrogen (secondary N) is 2. The summed E-state index contributed by atoms with van der Waals surface area (Å²) in [5, 5.41) is 6.43. The van der Waals surface area contributed by atoms with Gasteiger partial charge in [-0.3, -0.25) is 4.79 Å². The number of piperidine rings is 1. The fourth-order valence-corrected chi connectivity index (χ4v) is 3.35. The van der Waals surface area contributed by atoms with Gasteiger partial charge in [0.15, 0.2) is 0 Å². The lowest BCUT2D eigenvalue weighted by molar-refractivity contribution is 0.0944. The zero-order valence-corrected chi connectivity index (χ0v) is 13.1. The molecule has 1 saturated carbocycles. The molecular weight excluding hydrogens is 276 g/mol. The lowest BCUT2D eigenvalue weighted by Crippen LogP contribution is -2.38. The molecule has 1 amide bonds. The number of ether oxygens (including phenoxy) is 1. The second-order valence-corrected chi connectivity index (χ2v) is 6.47. The molecule has 2 fully saturated rings. The molecule has 1 unspecified atom stereocenters. The third kappa shape index (κ3) is 4.23. The zero-order valence-electron chi connectivity index (χ0n) is 13.1. The first-order valence-electron chi connectivity index (χ1n) is 8.57. The van der Waals surface area contributed by atoms with Gasteiger partial charge in [-0.15, -0.1) is 0 Å². The maximum Gasteiger partial charge on any atom is 0.251 e. The van der Waals surface area contributed by atoms with Gasteiger partial charge in [0.25, 0.3) is 5.91 Å². The molecule has 1 aliphatic heterocycles. The van der Waals surface area contributed by atoms with Crippen LogP contribution < -0.4 is 15.4 Å². The van der Waals surface area contributed by atoms with Gasteiger partial charge >= 0.3 is 0 Å². The first-order chi connectivity index (χ1) is 10.8. The van der Waals surface area contributed by atoms with Crippen LogP contribution in [0.4, 0.5) is 0 Å². The summed E-state index contributed by atoms with van der Waals surface area (Å²) >= 11 is 0. The minimum absolute atomic E-state index is 0.00226. The number of carbonyl (C=O) groups is 1. The second kappa shape index (κ2) is 7.63. The zero-order chi connectivity index (χ0) is 15.2. The normalized spacial score (nSPS) is 22.5. The number of hydrogen-bond acceptors (Lipinski definition) is 3. The molecule has 2 aliphatic rings. The Morgan fingerprint density at radius 2 is 2.09 bits per heavy atom. The Balaban J connectivity index is 1.52. The molecule has 1 atom stereocenters. The molecule has 1 aromatic rings. The number of amides is 1. The van der Waals surface area contributed by atoms with E-state index in [0.717, 1.165) is 38.2 Å². The maximum absolute atomic E-state index is 12.3. The fourth-order valence-electron chi connectivity index (χ4n) is 3.35. The van der Waals surface area contributed by atoms with Crippen LogP contribution in [0.25, 0.3) is 0 Å². The summed E-state index contributed by atoms with van der Waals surface area (Å²) in [5.74, 6) is 1.37. The number of carbonyl (C=O) groups excluding carboxylic acids is 1. The summed E-state index contributed by atoms with van der Waals surface area (Å²) in [7, 11) is 0. The van der Waals surface area contributed by atoms with Crippen molar-refractivity contribution in [2.24, 2.45) is 5.92 Å². The predicted molar refractivity (Wildman–Crippen MR) is 87.3 cm³/mol. The summed E-state index contributed by atoms with van der Waals surface area (Å²) in [6, 6.07) is 7.57. The van der Waals surface area contributed by atoms with Crippen LogP contribution in [0.2, 0.25) is 0 Å². The van der Waals surface area contributed by atoms with Gasteiger partial charge in [-0.1, -0.05) is 6.07 Å². The van der Waals surface area contributed by atoms with Crippen LogP contribution in [-0.4, -0.2) is 31.6 Å². The molecule has 22 heavy (non-hydrogen) atoms. The van der Waals surface area contributed by atoms with Crippen molar-refractivity contribution in [3.63, 3.8) is 0 Å². The summed E-state index contributed by atoms with van der Waals surface area (Å²) < 4.78 is 5.97. The molecular formula is C18H26N2O2. The monoisotopic (exact) mass is 302 g/mol. The molecule has 0 bridgehead atoms. The van der Waals surface area contributed by atoms with E-state index < -0.39 is 0 Å². The highest BCUT2D eigenvalue weighted by Gasteiger charge is 2.18. The molecule has 0 radical (unpaired) electrons. The SMILES string of the molecule is O=C(NCC1CCCNC1)c1cccc(OC2CCCC2)c1. The third-order valence-electron chi connectivity index (χ3n) is 4.65. The van der Waals surface area contributed by atoms with Crippen molar-refractivity contribution in [2.75, 3.05) is 19.6 Å². The molecule has 3 rings (SSSR count). The molecule has 0 aromatic heterocycles. The van der Waals surface area contributed by atoms with Gasteiger partial charge < -0.3 is 15.4 Å². The first kappa shape index (κ1) is 15.3. The van der Waals surface area contributed by atoms with E-state index in [1.54, 1.807) is 0 Å². The van der Waals surface area contributed by atoms with Crippen molar-refractivity contribution >= 4 is 5.91 Å². The van der Waals surface area contributed by atoms with Gasteiger partial charge in [0, 0.05) is 12.1 Å². The fraction of sp³-hybridized carbons (Fsp3) is 0.611. The van der Waals surface area contributed by atoms with Gasteiger partial charge in [0.05, 0.1) is 6.10 Å². The molecule has 0 spiro atoms. The minimum Gasteiger partial charge on any atom is -0.490 e.